The maximum Gasteiger partial charge on any atom is 0.264 e. The maximum absolute atomic E-state index is 11.2. The number of ketones is 1. The second-order valence-electron chi connectivity index (χ2n) is 10.6. The molecule has 0 saturated carbocycles. The monoisotopic (exact) mass is 637 g/mol. The summed E-state index contributed by atoms with van der Waals surface area (Å²) in [5.74, 6) is -0.628. The highest BCUT2D eigenvalue weighted by Crippen LogP contribution is 2.19. The van der Waals surface area contributed by atoms with Crippen molar-refractivity contribution in [1.29, 1.82) is 0 Å². The number of hydrogen-bond acceptors (Lipinski definition) is 10. The van der Waals surface area contributed by atoms with E-state index in [1.165, 1.54) is 6.92 Å². The Kier molecular flexibility index (Phi) is 20.4. The van der Waals surface area contributed by atoms with Gasteiger partial charge < -0.3 is 27.4 Å². The smallest absolute Gasteiger partial charge is 0.264 e. The van der Waals surface area contributed by atoms with Crippen molar-refractivity contribution >= 4 is 44.8 Å². The molecule has 39 heavy (non-hydrogen) atoms. The topological polar surface area (TPSA) is 166 Å². The molecule has 0 aliphatic heterocycles. The van der Waals surface area contributed by atoms with Crippen LogP contribution in [0.25, 0.3) is 0 Å². The minimum absolute atomic E-state index is 0.0822. The average Bonchev–Trinajstić information content (AvgIpc) is 2.81. The van der Waals surface area contributed by atoms with E-state index in [-0.39, 0.29) is 18.0 Å². The third-order valence-corrected chi connectivity index (χ3v) is 14.1. The first-order valence-electron chi connectivity index (χ1n) is 13.6. The van der Waals surface area contributed by atoms with Crippen LogP contribution in [-0.2, 0) is 43.4 Å². The number of nitrogens with zero attached hydrogens (tertiary/aromatic N) is 1. The molecule has 0 aromatic carbocycles. The van der Waals surface area contributed by atoms with E-state index < -0.39 is 34.3 Å². The van der Waals surface area contributed by atoms with Gasteiger partial charge in [-0.15, -0.1) is 0 Å². The van der Waals surface area contributed by atoms with Gasteiger partial charge in [0, 0.05) is 12.2 Å². The highest BCUT2D eigenvalue weighted by molar-refractivity contribution is 7.85. The van der Waals surface area contributed by atoms with Gasteiger partial charge in [-0.1, -0.05) is 0 Å². The number of Topliss-reactive ketones (excluding diaryl/α,β-unsaturated/α-hetero) is 1. The predicted octanol–water partition coefficient (Wildman–Crippen LogP) is 0.718. The van der Waals surface area contributed by atoms with Crippen molar-refractivity contribution in [3.05, 3.63) is 0 Å². The minimum Gasteiger partial charge on any atom is -0.748 e. The summed E-state index contributed by atoms with van der Waals surface area (Å²) in [4.78, 5) is 10.9. The Morgan fingerprint density at radius 2 is 1.28 bits per heavy atom. The maximum atomic E-state index is 11.2. The molecule has 16 heteroatoms. The van der Waals surface area contributed by atoms with Crippen molar-refractivity contribution in [3.8, 4) is 0 Å². The molecule has 1 atom stereocenters. The van der Waals surface area contributed by atoms with Gasteiger partial charge in [-0.3, -0.25) is 9.35 Å². The Bertz CT molecular complexity index is 831. The lowest BCUT2D eigenvalue weighted by molar-refractivity contribution is -0.929. The summed E-state index contributed by atoms with van der Waals surface area (Å²) in [6, 6.07) is 0.972. The summed E-state index contributed by atoms with van der Waals surface area (Å²) in [6.07, 6.45) is 3.00. The quantitative estimate of drug-likeness (QED) is 0.0584. The van der Waals surface area contributed by atoms with Crippen LogP contribution in [0, 0.1) is 0 Å². The molecule has 1 N–H and O–H groups in total. The fraction of sp³-hybridized carbons (Fsp3) is 0.957. The summed E-state index contributed by atoms with van der Waals surface area (Å²) in [7, 11) is -9.36. The Morgan fingerprint density at radius 1 is 0.795 bits per heavy atom. The zero-order valence-corrected chi connectivity index (χ0v) is 28.9. The van der Waals surface area contributed by atoms with Gasteiger partial charge in [0.25, 0.3) is 10.1 Å². The second-order valence-corrected chi connectivity index (χ2v) is 19.3. The number of rotatable bonds is 27. The molecule has 0 fully saturated rings. The van der Waals surface area contributed by atoms with E-state index in [1.54, 1.807) is 0 Å². The van der Waals surface area contributed by atoms with Crippen LogP contribution in [0.4, 0.5) is 0 Å². The van der Waals surface area contributed by atoms with E-state index in [2.05, 4.69) is 13.1 Å². The van der Waals surface area contributed by atoms with Gasteiger partial charge in [-0.05, 0) is 58.2 Å². The molecular weight excluding hydrogens is 587 g/mol. The van der Waals surface area contributed by atoms with Gasteiger partial charge in [0.15, 0.2) is 8.32 Å². The van der Waals surface area contributed by atoms with Crippen LogP contribution >= 0.6 is 0 Å². The molecule has 0 amide bonds. The molecule has 12 nitrogen and oxygen atoms in total. The molecule has 0 spiro atoms. The van der Waals surface area contributed by atoms with E-state index in [4.69, 9.17) is 22.9 Å². The average molecular weight is 638 g/mol. The Morgan fingerprint density at radius 3 is 1.77 bits per heavy atom. The number of quaternary nitrogens is 1. The van der Waals surface area contributed by atoms with Crippen molar-refractivity contribution in [2.24, 2.45) is 0 Å². The van der Waals surface area contributed by atoms with E-state index in [9.17, 15) is 26.2 Å². The molecule has 0 aliphatic carbocycles. The van der Waals surface area contributed by atoms with Crippen molar-refractivity contribution in [3.63, 3.8) is 0 Å². The van der Waals surface area contributed by atoms with E-state index in [0.29, 0.717) is 99.9 Å². The third kappa shape index (κ3) is 25.2. The Balaban J connectivity index is 4.97. The number of carbonyl (C=O) groups excluding carboxylic acids is 1. The first-order valence-corrected chi connectivity index (χ1v) is 20.7. The summed E-state index contributed by atoms with van der Waals surface area (Å²) in [6.45, 7) is 11.0. The van der Waals surface area contributed by atoms with Crippen LogP contribution in [0.5, 0.6) is 0 Å². The molecule has 0 bridgehead atoms. The lowest BCUT2D eigenvalue weighted by Crippen LogP contribution is -2.52. The van der Waals surface area contributed by atoms with Crippen molar-refractivity contribution in [2.45, 2.75) is 64.6 Å². The fourth-order valence-electron chi connectivity index (χ4n) is 4.09. The molecule has 0 aromatic rings. The summed E-state index contributed by atoms with van der Waals surface area (Å²) < 4.78 is 87.7. The molecule has 0 heterocycles. The number of unbranched alkanes of at least 4 members (excludes halogenated alkanes) is 2. The van der Waals surface area contributed by atoms with E-state index >= 15 is 0 Å². The molecular formula is C23H51NO11S2Si2. The number of ether oxygens (including phenoxy) is 3. The van der Waals surface area contributed by atoms with E-state index in [1.807, 2.05) is 0 Å². The van der Waals surface area contributed by atoms with Crippen LogP contribution in [-0.4, -0.2) is 132 Å². The third-order valence-electron chi connectivity index (χ3n) is 6.58. The molecule has 0 aromatic heterocycles. The minimum atomic E-state index is -4.28. The molecule has 1 unspecified atom stereocenters. The van der Waals surface area contributed by atoms with Gasteiger partial charge >= 0.3 is 0 Å². The van der Waals surface area contributed by atoms with Gasteiger partial charge in [0.1, 0.15) is 22.8 Å². The summed E-state index contributed by atoms with van der Waals surface area (Å²) in [5, 5.41) is 0. The highest BCUT2D eigenvalue weighted by atomic mass is 32.2. The number of hydrogen-bond donors (Lipinski definition) is 1. The predicted molar refractivity (Wildman–Crippen MR) is 155 cm³/mol. The first-order chi connectivity index (χ1) is 18.1. The van der Waals surface area contributed by atoms with Crippen LogP contribution in [0.1, 0.15) is 45.4 Å². The summed E-state index contributed by atoms with van der Waals surface area (Å²) >= 11 is 0. The second kappa shape index (κ2) is 20.6. The molecule has 234 valence electrons. The number of carbonyl (C=O) groups is 1. The van der Waals surface area contributed by atoms with Crippen LogP contribution in [0.3, 0.4) is 0 Å². The fourth-order valence-corrected chi connectivity index (χ4v) is 7.04. The van der Waals surface area contributed by atoms with Crippen LogP contribution < -0.4 is 0 Å². The Labute approximate surface area is 239 Å². The lowest BCUT2D eigenvalue weighted by atomic mass is 10.2. The molecule has 0 saturated heterocycles. The zero-order chi connectivity index (χ0) is 29.8. The SMILES string of the molecule is CC(=O)CCOCCOCCOCC[N+](CCCCS(=O)(=O)[O-])(CCCCS(=O)(=O)O)CCC[Si](C)(C)O[SiH3]. The first kappa shape index (κ1) is 38.7. The standard InChI is InChI=1S/C23H51NO11S2Si2/c1-23(25)9-14-32-16-18-34-19-17-33-15-13-24(10-4-6-20-36(26,27)28,11-5-7-21-37(29,30)31)12-8-22-39(2,3)35-38/h4-22H2,1-3,38H3,(H-,26,27,28,29,30,31). The van der Waals surface area contributed by atoms with Crippen LogP contribution in [0.2, 0.25) is 19.1 Å². The molecule has 0 radical (unpaired) electrons. The van der Waals surface area contributed by atoms with Gasteiger partial charge in [-0.2, -0.15) is 8.42 Å². The summed E-state index contributed by atoms with van der Waals surface area (Å²) in [5.41, 5.74) is 0. The van der Waals surface area contributed by atoms with Crippen LogP contribution in [0.15, 0.2) is 0 Å². The normalized spacial score (nSPS) is 14.5. The van der Waals surface area contributed by atoms with Gasteiger partial charge in [-0.25, -0.2) is 8.42 Å². The highest BCUT2D eigenvalue weighted by Gasteiger charge is 2.29. The lowest BCUT2D eigenvalue weighted by Gasteiger charge is -2.40. The van der Waals surface area contributed by atoms with Gasteiger partial charge in [0.2, 0.25) is 0 Å². The van der Waals surface area contributed by atoms with Crippen molar-refractivity contribution in [1.82, 2.24) is 0 Å². The zero-order valence-electron chi connectivity index (χ0n) is 24.2. The van der Waals surface area contributed by atoms with Crippen molar-refractivity contribution < 1.29 is 53.5 Å². The molecule has 0 aliphatic rings. The van der Waals surface area contributed by atoms with Gasteiger partial charge in [0.05, 0.1) is 75.1 Å². The molecule has 0 rings (SSSR count). The Hall–Kier alpha value is -0.276. The van der Waals surface area contributed by atoms with E-state index in [0.717, 1.165) is 19.0 Å². The largest absolute Gasteiger partial charge is 0.748 e. The van der Waals surface area contributed by atoms with Crippen molar-refractivity contribution in [2.75, 3.05) is 77.3 Å².